The van der Waals surface area contributed by atoms with E-state index in [1.165, 1.54) is 12.8 Å². The summed E-state index contributed by atoms with van der Waals surface area (Å²) < 4.78 is 2.27. The summed E-state index contributed by atoms with van der Waals surface area (Å²) in [6, 6.07) is 8.14. The Morgan fingerprint density at radius 2 is 2.00 bits per heavy atom. The highest BCUT2D eigenvalue weighted by molar-refractivity contribution is 6.05. The minimum Gasteiger partial charge on any atom is -0.392 e. The predicted molar refractivity (Wildman–Crippen MR) is 87.2 cm³/mol. The van der Waals surface area contributed by atoms with Crippen LogP contribution in [0.1, 0.15) is 51.8 Å². The van der Waals surface area contributed by atoms with Gasteiger partial charge in [-0.3, -0.25) is 4.79 Å². The van der Waals surface area contributed by atoms with Crippen molar-refractivity contribution in [3.63, 3.8) is 0 Å². The first kappa shape index (κ1) is 14.9. The van der Waals surface area contributed by atoms with Gasteiger partial charge in [0.05, 0.1) is 12.2 Å². The van der Waals surface area contributed by atoms with E-state index in [0.29, 0.717) is 6.04 Å². The van der Waals surface area contributed by atoms with Crippen molar-refractivity contribution in [1.29, 1.82) is 0 Å². The molecule has 4 nitrogen and oxygen atoms in total. The fraction of sp³-hybridized carbons (Fsp3) is 0.389. The number of aliphatic hydroxyl groups excluding tert-OH is 1. The van der Waals surface area contributed by atoms with Gasteiger partial charge in [0.25, 0.3) is 5.91 Å². The smallest absolute Gasteiger partial charge is 0.257 e. The summed E-state index contributed by atoms with van der Waals surface area (Å²) in [6.07, 6.45) is 2.41. The van der Waals surface area contributed by atoms with E-state index in [2.05, 4.69) is 16.8 Å². The zero-order valence-electron chi connectivity index (χ0n) is 13.3. The Hall–Kier alpha value is -2.07. The van der Waals surface area contributed by atoms with Gasteiger partial charge in [-0.05, 0) is 56.9 Å². The quantitative estimate of drug-likeness (QED) is 0.907. The minimum absolute atomic E-state index is 0.0284. The molecular formula is C18H22N2O2. The molecule has 0 spiro atoms. The molecule has 1 aromatic carbocycles. The summed E-state index contributed by atoms with van der Waals surface area (Å²) in [5.41, 5.74) is 5.45. The maximum absolute atomic E-state index is 12.6. The van der Waals surface area contributed by atoms with Crippen molar-refractivity contribution in [1.82, 2.24) is 4.57 Å². The van der Waals surface area contributed by atoms with Crippen molar-refractivity contribution >= 4 is 11.6 Å². The minimum atomic E-state index is -0.0850. The fourth-order valence-corrected chi connectivity index (χ4v) is 2.99. The standard InChI is InChI=1S/C18H22N2O2/c1-11-4-5-14(10-21)9-17(11)19-18(22)16-8-12(2)20(13(16)3)15-6-7-15/h4-5,8-9,15,21H,6-7,10H2,1-3H3,(H,19,22). The number of nitrogens with one attached hydrogen (secondary N) is 1. The molecule has 1 aromatic heterocycles. The molecule has 0 bridgehead atoms. The molecule has 1 saturated carbocycles. The third kappa shape index (κ3) is 2.66. The lowest BCUT2D eigenvalue weighted by Gasteiger charge is -2.11. The van der Waals surface area contributed by atoms with Crippen LogP contribution in [0.15, 0.2) is 24.3 Å². The van der Waals surface area contributed by atoms with Crippen LogP contribution >= 0.6 is 0 Å². The molecule has 0 atom stereocenters. The number of rotatable bonds is 4. The van der Waals surface area contributed by atoms with Gasteiger partial charge in [-0.25, -0.2) is 0 Å². The van der Waals surface area contributed by atoms with Gasteiger partial charge in [0, 0.05) is 23.1 Å². The van der Waals surface area contributed by atoms with Crippen LogP contribution in [0.5, 0.6) is 0 Å². The Morgan fingerprint density at radius 1 is 1.27 bits per heavy atom. The number of aryl methyl sites for hydroxylation is 2. The summed E-state index contributed by atoms with van der Waals surface area (Å²) in [6.45, 7) is 5.99. The van der Waals surface area contributed by atoms with Crippen molar-refractivity contribution in [3.05, 3.63) is 52.3 Å². The Kier molecular flexibility index (Phi) is 3.79. The van der Waals surface area contributed by atoms with Crippen LogP contribution in [0.25, 0.3) is 0 Å². The number of aliphatic hydroxyl groups is 1. The Balaban J connectivity index is 1.87. The highest BCUT2D eigenvalue weighted by Crippen LogP contribution is 2.38. The first-order chi connectivity index (χ1) is 10.5. The molecule has 0 radical (unpaired) electrons. The van der Waals surface area contributed by atoms with Crippen LogP contribution in [0.4, 0.5) is 5.69 Å². The number of nitrogens with zero attached hydrogens (tertiary/aromatic N) is 1. The van der Waals surface area contributed by atoms with Crippen LogP contribution < -0.4 is 5.32 Å². The van der Waals surface area contributed by atoms with Crippen LogP contribution in [0.2, 0.25) is 0 Å². The zero-order chi connectivity index (χ0) is 15.9. The van der Waals surface area contributed by atoms with E-state index in [0.717, 1.165) is 33.8 Å². The molecule has 1 fully saturated rings. The third-order valence-electron chi connectivity index (χ3n) is 4.37. The highest BCUT2D eigenvalue weighted by Gasteiger charge is 2.28. The summed E-state index contributed by atoms with van der Waals surface area (Å²) in [5.74, 6) is -0.0850. The second-order valence-electron chi connectivity index (χ2n) is 6.15. The molecule has 0 unspecified atom stereocenters. The van der Waals surface area contributed by atoms with Gasteiger partial charge in [-0.15, -0.1) is 0 Å². The maximum atomic E-state index is 12.6. The summed E-state index contributed by atoms with van der Waals surface area (Å²) in [5, 5.41) is 12.2. The highest BCUT2D eigenvalue weighted by atomic mass is 16.3. The first-order valence-corrected chi connectivity index (χ1v) is 7.71. The number of hydrogen-bond acceptors (Lipinski definition) is 2. The molecule has 0 aliphatic heterocycles. The molecule has 1 aliphatic rings. The van der Waals surface area contributed by atoms with Gasteiger partial charge in [-0.2, -0.15) is 0 Å². The molecule has 4 heteroatoms. The molecule has 0 saturated heterocycles. The fourth-order valence-electron chi connectivity index (χ4n) is 2.99. The number of anilines is 1. The van der Waals surface area contributed by atoms with E-state index >= 15 is 0 Å². The van der Waals surface area contributed by atoms with Crippen molar-refractivity contribution in [3.8, 4) is 0 Å². The number of amides is 1. The number of aromatic nitrogens is 1. The van der Waals surface area contributed by atoms with Gasteiger partial charge < -0.3 is 15.0 Å². The lowest BCUT2D eigenvalue weighted by atomic mass is 10.1. The molecule has 1 heterocycles. The van der Waals surface area contributed by atoms with Crippen molar-refractivity contribution in [2.24, 2.45) is 0 Å². The molecule has 2 aromatic rings. The lowest BCUT2D eigenvalue weighted by molar-refractivity contribution is 0.102. The Morgan fingerprint density at radius 3 is 2.64 bits per heavy atom. The first-order valence-electron chi connectivity index (χ1n) is 7.71. The molecular weight excluding hydrogens is 276 g/mol. The van der Waals surface area contributed by atoms with Crippen LogP contribution in [0, 0.1) is 20.8 Å². The van der Waals surface area contributed by atoms with Gasteiger partial charge in [0.1, 0.15) is 0 Å². The average Bonchev–Trinajstić information content (AvgIpc) is 3.27. The van der Waals surface area contributed by atoms with Crippen molar-refractivity contribution < 1.29 is 9.90 Å². The number of benzene rings is 1. The van der Waals surface area contributed by atoms with E-state index < -0.39 is 0 Å². The Bertz CT molecular complexity index is 727. The summed E-state index contributed by atoms with van der Waals surface area (Å²) >= 11 is 0. The molecule has 2 N–H and O–H groups in total. The number of carbonyl (C=O) groups is 1. The largest absolute Gasteiger partial charge is 0.392 e. The zero-order valence-corrected chi connectivity index (χ0v) is 13.3. The molecule has 22 heavy (non-hydrogen) atoms. The molecule has 1 amide bonds. The third-order valence-corrected chi connectivity index (χ3v) is 4.37. The number of carbonyl (C=O) groups excluding carboxylic acids is 1. The van der Waals surface area contributed by atoms with Crippen molar-refractivity contribution in [2.75, 3.05) is 5.32 Å². The van der Waals surface area contributed by atoms with Crippen LogP contribution in [0.3, 0.4) is 0 Å². The van der Waals surface area contributed by atoms with E-state index in [4.69, 9.17) is 0 Å². The average molecular weight is 298 g/mol. The van der Waals surface area contributed by atoms with Gasteiger partial charge in [0.2, 0.25) is 0 Å². The summed E-state index contributed by atoms with van der Waals surface area (Å²) in [4.78, 5) is 12.6. The summed E-state index contributed by atoms with van der Waals surface area (Å²) in [7, 11) is 0. The van der Waals surface area contributed by atoms with Crippen molar-refractivity contribution in [2.45, 2.75) is 46.3 Å². The molecule has 1 aliphatic carbocycles. The van der Waals surface area contributed by atoms with E-state index in [9.17, 15) is 9.90 Å². The number of hydrogen-bond donors (Lipinski definition) is 2. The van der Waals surface area contributed by atoms with E-state index in [1.54, 1.807) is 0 Å². The van der Waals surface area contributed by atoms with Crippen LogP contribution in [-0.2, 0) is 6.61 Å². The van der Waals surface area contributed by atoms with E-state index in [1.807, 2.05) is 38.1 Å². The van der Waals surface area contributed by atoms with E-state index in [-0.39, 0.29) is 12.5 Å². The maximum Gasteiger partial charge on any atom is 0.257 e. The van der Waals surface area contributed by atoms with Gasteiger partial charge >= 0.3 is 0 Å². The molecule has 116 valence electrons. The lowest BCUT2D eigenvalue weighted by Crippen LogP contribution is -2.14. The SMILES string of the molecule is Cc1ccc(CO)cc1NC(=O)c1cc(C)n(C2CC2)c1C. The Labute approximate surface area is 130 Å². The predicted octanol–water partition coefficient (Wildman–Crippen LogP) is 3.49. The monoisotopic (exact) mass is 298 g/mol. The molecule has 3 rings (SSSR count). The normalized spacial score (nSPS) is 14.2. The van der Waals surface area contributed by atoms with Gasteiger partial charge in [-0.1, -0.05) is 12.1 Å². The van der Waals surface area contributed by atoms with Gasteiger partial charge in [0.15, 0.2) is 0 Å². The second-order valence-corrected chi connectivity index (χ2v) is 6.15. The second kappa shape index (κ2) is 5.61. The van der Waals surface area contributed by atoms with Crippen LogP contribution in [-0.4, -0.2) is 15.6 Å². The topological polar surface area (TPSA) is 54.3 Å².